The highest BCUT2D eigenvalue weighted by molar-refractivity contribution is 14.1. The number of esters is 1. The monoisotopic (exact) mass is 433 g/mol. The molecule has 0 bridgehead atoms. The van der Waals surface area contributed by atoms with Gasteiger partial charge in [0.2, 0.25) is 0 Å². The van der Waals surface area contributed by atoms with Gasteiger partial charge in [-0.2, -0.15) is 0 Å². The molecule has 1 heterocycles. The molecular weight excluding hydrogens is 417 g/mol. The molecule has 1 atom stereocenters. The van der Waals surface area contributed by atoms with Crippen molar-refractivity contribution in [3.8, 4) is 11.3 Å². The van der Waals surface area contributed by atoms with Crippen LogP contribution in [0, 0.1) is 3.70 Å². The smallest absolute Gasteiger partial charge is 0.331 e. The number of carbonyl (C=O) groups excluding carboxylic acids is 1. The van der Waals surface area contributed by atoms with E-state index in [9.17, 15) is 4.79 Å². The van der Waals surface area contributed by atoms with Gasteiger partial charge in [0.25, 0.3) is 0 Å². The maximum atomic E-state index is 12.3. The highest BCUT2D eigenvalue weighted by Crippen LogP contribution is 2.26. The lowest BCUT2D eigenvalue weighted by atomic mass is 10.1. The van der Waals surface area contributed by atoms with Crippen molar-refractivity contribution in [3.63, 3.8) is 0 Å². The predicted molar refractivity (Wildman–Crippen MR) is 99.4 cm³/mol. The highest BCUT2D eigenvalue weighted by Gasteiger charge is 2.27. The Balaban J connectivity index is 1.97. The van der Waals surface area contributed by atoms with Crippen molar-refractivity contribution in [2.24, 2.45) is 0 Å². The Morgan fingerprint density at radius 2 is 1.75 bits per heavy atom. The van der Waals surface area contributed by atoms with Crippen LogP contribution in [0.4, 0.5) is 0 Å². The van der Waals surface area contributed by atoms with Gasteiger partial charge in [-0.05, 0) is 28.2 Å². The molecule has 122 valence electrons. The summed E-state index contributed by atoms with van der Waals surface area (Å²) in [5.74, 6) is -0.332. The van der Waals surface area contributed by atoms with E-state index in [1.54, 1.807) is 4.68 Å². The molecule has 6 heteroatoms. The fourth-order valence-electron chi connectivity index (χ4n) is 2.50. The third kappa shape index (κ3) is 3.48. The number of aromatic nitrogens is 3. The minimum absolute atomic E-state index is 0.332. The SMILES string of the molecule is COC(=O)[C@H](Cc1ccccc1)n1nnc(-c2ccccc2)c1I. The molecule has 0 radical (unpaired) electrons. The van der Waals surface area contributed by atoms with Crippen molar-refractivity contribution in [1.29, 1.82) is 0 Å². The van der Waals surface area contributed by atoms with Crippen molar-refractivity contribution < 1.29 is 9.53 Å². The summed E-state index contributed by atoms with van der Waals surface area (Å²) in [7, 11) is 1.39. The van der Waals surface area contributed by atoms with E-state index in [-0.39, 0.29) is 5.97 Å². The van der Waals surface area contributed by atoms with Gasteiger partial charge >= 0.3 is 5.97 Å². The van der Waals surface area contributed by atoms with Crippen LogP contribution in [-0.4, -0.2) is 28.1 Å². The van der Waals surface area contributed by atoms with Gasteiger partial charge in [0, 0.05) is 12.0 Å². The minimum Gasteiger partial charge on any atom is -0.467 e. The average molecular weight is 433 g/mol. The van der Waals surface area contributed by atoms with Crippen molar-refractivity contribution in [2.45, 2.75) is 12.5 Å². The van der Waals surface area contributed by atoms with Gasteiger partial charge < -0.3 is 4.74 Å². The molecule has 3 rings (SSSR count). The first-order chi connectivity index (χ1) is 11.7. The highest BCUT2D eigenvalue weighted by atomic mass is 127. The summed E-state index contributed by atoms with van der Waals surface area (Å²) < 4.78 is 7.43. The number of halogens is 1. The minimum atomic E-state index is -0.547. The molecule has 24 heavy (non-hydrogen) atoms. The number of nitrogens with zero attached hydrogens (tertiary/aromatic N) is 3. The summed E-state index contributed by atoms with van der Waals surface area (Å²) in [6, 6.07) is 19.1. The fraction of sp³-hybridized carbons (Fsp3) is 0.167. The van der Waals surface area contributed by atoms with Crippen molar-refractivity contribution in [2.75, 3.05) is 7.11 Å². The fourth-order valence-corrected chi connectivity index (χ4v) is 3.35. The second kappa shape index (κ2) is 7.57. The van der Waals surface area contributed by atoms with Gasteiger partial charge in [-0.25, -0.2) is 9.48 Å². The van der Waals surface area contributed by atoms with Crippen LogP contribution in [0.5, 0.6) is 0 Å². The zero-order valence-corrected chi connectivity index (χ0v) is 15.3. The summed E-state index contributed by atoms with van der Waals surface area (Å²) >= 11 is 2.18. The number of carbonyl (C=O) groups is 1. The molecule has 0 aliphatic heterocycles. The molecule has 0 unspecified atom stereocenters. The Labute approximate surface area is 153 Å². The van der Waals surface area contributed by atoms with E-state index in [0.717, 1.165) is 20.5 Å². The Morgan fingerprint density at radius 3 is 2.38 bits per heavy atom. The molecular formula is C18H16IN3O2. The molecule has 5 nitrogen and oxygen atoms in total. The maximum Gasteiger partial charge on any atom is 0.331 e. The molecule has 0 aliphatic carbocycles. The van der Waals surface area contributed by atoms with Gasteiger partial charge in [-0.15, -0.1) is 5.10 Å². The molecule has 0 fully saturated rings. The third-order valence-corrected chi connectivity index (χ3v) is 4.73. The van der Waals surface area contributed by atoms with E-state index >= 15 is 0 Å². The standard InChI is InChI=1S/C18H16IN3O2/c1-24-18(23)15(12-13-8-4-2-5-9-13)22-17(19)16(20-21-22)14-10-6-3-7-11-14/h2-11,15H,12H2,1H3/t15-/m0/s1. The first-order valence-corrected chi connectivity index (χ1v) is 8.56. The maximum absolute atomic E-state index is 12.3. The third-order valence-electron chi connectivity index (χ3n) is 3.73. The lowest BCUT2D eigenvalue weighted by Crippen LogP contribution is -2.25. The molecule has 0 saturated carbocycles. The topological polar surface area (TPSA) is 57.0 Å². The normalized spacial score (nSPS) is 11.9. The number of ether oxygens (including phenoxy) is 1. The van der Waals surface area contributed by atoms with E-state index in [4.69, 9.17) is 4.74 Å². The largest absolute Gasteiger partial charge is 0.467 e. The van der Waals surface area contributed by atoms with Gasteiger partial charge in [0.15, 0.2) is 6.04 Å². The molecule has 2 aromatic carbocycles. The van der Waals surface area contributed by atoms with Crippen LogP contribution in [0.15, 0.2) is 60.7 Å². The zero-order valence-electron chi connectivity index (χ0n) is 13.1. The van der Waals surface area contributed by atoms with Crippen LogP contribution >= 0.6 is 22.6 Å². The first kappa shape index (κ1) is 16.6. The lowest BCUT2D eigenvalue weighted by Gasteiger charge is -2.15. The number of rotatable bonds is 5. The van der Waals surface area contributed by atoms with Crippen molar-refractivity contribution in [3.05, 3.63) is 69.9 Å². The first-order valence-electron chi connectivity index (χ1n) is 7.48. The quantitative estimate of drug-likeness (QED) is 0.457. The second-order valence-electron chi connectivity index (χ2n) is 5.27. The van der Waals surface area contributed by atoms with Crippen LogP contribution in [0.2, 0.25) is 0 Å². The molecule has 0 saturated heterocycles. The van der Waals surface area contributed by atoms with Crippen LogP contribution in [0.1, 0.15) is 11.6 Å². The van der Waals surface area contributed by atoms with Crippen LogP contribution in [-0.2, 0) is 16.0 Å². The van der Waals surface area contributed by atoms with Gasteiger partial charge in [0.05, 0.1) is 7.11 Å². The van der Waals surface area contributed by atoms with Crippen LogP contribution in [0.25, 0.3) is 11.3 Å². The van der Waals surface area contributed by atoms with Crippen LogP contribution in [0.3, 0.4) is 0 Å². The van der Waals surface area contributed by atoms with Crippen molar-refractivity contribution in [1.82, 2.24) is 15.0 Å². The lowest BCUT2D eigenvalue weighted by molar-refractivity contribution is -0.145. The van der Waals surface area contributed by atoms with E-state index in [0.29, 0.717) is 6.42 Å². The molecule has 0 N–H and O–H groups in total. The Kier molecular flexibility index (Phi) is 5.24. The number of methoxy groups -OCH3 is 1. The molecule has 3 aromatic rings. The summed E-state index contributed by atoms with van der Waals surface area (Å²) in [5.41, 5.74) is 2.77. The molecule has 1 aromatic heterocycles. The number of hydrogen-bond acceptors (Lipinski definition) is 4. The van der Waals surface area contributed by atoms with E-state index < -0.39 is 6.04 Å². The van der Waals surface area contributed by atoms with Gasteiger partial charge in [-0.1, -0.05) is 65.9 Å². The van der Waals surface area contributed by atoms with Crippen LogP contribution < -0.4 is 0 Å². The summed E-state index contributed by atoms with van der Waals surface area (Å²) in [6.45, 7) is 0. The van der Waals surface area contributed by atoms with Gasteiger partial charge in [0.1, 0.15) is 9.39 Å². The molecule has 0 aliphatic rings. The van der Waals surface area contributed by atoms with E-state index in [1.807, 2.05) is 60.7 Å². The van der Waals surface area contributed by atoms with Gasteiger partial charge in [-0.3, -0.25) is 0 Å². The van der Waals surface area contributed by atoms with E-state index in [2.05, 4.69) is 32.9 Å². The summed E-state index contributed by atoms with van der Waals surface area (Å²) in [6.07, 6.45) is 0.501. The Hall–Kier alpha value is -2.22. The Morgan fingerprint density at radius 1 is 1.12 bits per heavy atom. The predicted octanol–water partition coefficient (Wildman–Crippen LogP) is 3.51. The molecule has 0 amide bonds. The number of benzene rings is 2. The summed E-state index contributed by atoms with van der Waals surface area (Å²) in [5, 5.41) is 8.48. The Bertz CT molecular complexity index is 819. The van der Waals surface area contributed by atoms with Crippen molar-refractivity contribution >= 4 is 28.6 Å². The summed E-state index contributed by atoms with van der Waals surface area (Å²) in [4.78, 5) is 12.3. The average Bonchev–Trinajstić information content (AvgIpc) is 3.02. The zero-order chi connectivity index (χ0) is 16.9. The molecule has 0 spiro atoms. The van der Waals surface area contributed by atoms with E-state index in [1.165, 1.54) is 7.11 Å². The number of hydrogen-bond donors (Lipinski definition) is 0. The second-order valence-corrected chi connectivity index (χ2v) is 6.29.